The fourth-order valence-electron chi connectivity index (χ4n) is 3.47. The summed E-state index contributed by atoms with van der Waals surface area (Å²) in [5.41, 5.74) is -0.419. The van der Waals surface area contributed by atoms with Gasteiger partial charge in [-0.15, -0.1) is 0 Å². The maximum absolute atomic E-state index is 11.6. The van der Waals surface area contributed by atoms with Crippen LogP contribution in [0.3, 0.4) is 0 Å². The third kappa shape index (κ3) is 3.35. The summed E-state index contributed by atoms with van der Waals surface area (Å²) in [6.45, 7) is 6.75. The van der Waals surface area contributed by atoms with Crippen molar-refractivity contribution in [3.05, 3.63) is 12.2 Å². The summed E-state index contributed by atoms with van der Waals surface area (Å²) in [7, 11) is 0. The van der Waals surface area contributed by atoms with Gasteiger partial charge in [-0.05, 0) is 64.3 Å². The van der Waals surface area contributed by atoms with Gasteiger partial charge in [-0.3, -0.25) is 0 Å². The minimum Gasteiger partial charge on any atom is -0.444 e. The molecule has 3 aliphatic carbocycles. The van der Waals surface area contributed by atoms with Crippen molar-refractivity contribution in [2.75, 3.05) is 6.54 Å². The Morgan fingerprint density at radius 2 is 2.00 bits per heavy atom. The second-order valence-corrected chi connectivity index (χ2v) is 7.54. The van der Waals surface area contributed by atoms with Gasteiger partial charge in [0, 0.05) is 12.1 Å². The van der Waals surface area contributed by atoms with Crippen LogP contribution in [-0.2, 0) is 4.74 Å². The highest BCUT2D eigenvalue weighted by Crippen LogP contribution is 2.43. The van der Waals surface area contributed by atoms with Crippen LogP contribution >= 0.6 is 0 Å². The van der Waals surface area contributed by atoms with Crippen molar-refractivity contribution in [1.29, 1.82) is 0 Å². The van der Waals surface area contributed by atoms with Gasteiger partial charge in [0.1, 0.15) is 5.60 Å². The summed E-state index contributed by atoms with van der Waals surface area (Å²) < 4.78 is 5.27. The first kappa shape index (κ1) is 13.9. The number of carbonyl (C=O) groups excluding carboxylic acids is 1. The number of nitrogens with one attached hydrogen (secondary N) is 2. The molecule has 2 fully saturated rings. The quantitative estimate of drug-likeness (QED) is 0.777. The normalized spacial score (nSPS) is 38.0. The largest absolute Gasteiger partial charge is 0.444 e. The van der Waals surface area contributed by atoms with E-state index in [1.54, 1.807) is 0 Å². The molecule has 0 saturated heterocycles. The minimum absolute atomic E-state index is 0.249. The molecule has 112 valence electrons. The molecule has 2 saturated carbocycles. The van der Waals surface area contributed by atoms with Gasteiger partial charge in [0.25, 0.3) is 0 Å². The Hall–Kier alpha value is -1.03. The average Bonchev–Trinajstić information content (AvgIpc) is 2.76. The molecule has 4 nitrogen and oxygen atoms in total. The summed E-state index contributed by atoms with van der Waals surface area (Å²) in [4.78, 5) is 11.6. The number of fused-ring (bicyclic) bond motifs is 2. The standard InChI is InChI=1S/C16H26N2O2/c1-16(2,3)20-15(19)18-14-8-13(14)17-9-12-7-10-4-5-11(12)6-10/h4-5,10-14,17H,6-9H2,1-3H3,(H,18,19). The highest BCUT2D eigenvalue weighted by atomic mass is 16.6. The van der Waals surface area contributed by atoms with Gasteiger partial charge in [-0.25, -0.2) is 4.79 Å². The number of carbonyl (C=O) groups is 1. The van der Waals surface area contributed by atoms with E-state index in [0.717, 1.165) is 30.7 Å². The van der Waals surface area contributed by atoms with E-state index in [0.29, 0.717) is 6.04 Å². The molecule has 5 unspecified atom stereocenters. The predicted molar refractivity (Wildman–Crippen MR) is 78.4 cm³/mol. The van der Waals surface area contributed by atoms with Crippen LogP contribution in [0.2, 0.25) is 0 Å². The van der Waals surface area contributed by atoms with Crippen LogP contribution in [0.1, 0.15) is 40.0 Å². The van der Waals surface area contributed by atoms with E-state index < -0.39 is 5.60 Å². The molecule has 0 radical (unpaired) electrons. The Balaban J connectivity index is 1.34. The van der Waals surface area contributed by atoms with Crippen molar-refractivity contribution in [2.24, 2.45) is 17.8 Å². The summed E-state index contributed by atoms with van der Waals surface area (Å²) in [6, 6.07) is 0.685. The van der Waals surface area contributed by atoms with E-state index in [1.165, 1.54) is 12.8 Å². The van der Waals surface area contributed by atoms with Crippen molar-refractivity contribution in [1.82, 2.24) is 10.6 Å². The van der Waals surface area contributed by atoms with Crippen LogP contribution in [0.15, 0.2) is 12.2 Å². The van der Waals surface area contributed by atoms with E-state index in [-0.39, 0.29) is 12.1 Å². The Bertz CT molecular complexity index is 413. The number of rotatable bonds is 4. The van der Waals surface area contributed by atoms with Crippen molar-refractivity contribution in [3.63, 3.8) is 0 Å². The molecule has 20 heavy (non-hydrogen) atoms. The number of hydrogen-bond donors (Lipinski definition) is 2. The van der Waals surface area contributed by atoms with Gasteiger partial charge >= 0.3 is 6.09 Å². The highest BCUT2D eigenvalue weighted by molar-refractivity contribution is 5.68. The molecule has 0 spiro atoms. The maximum Gasteiger partial charge on any atom is 0.407 e. The van der Waals surface area contributed by atoms with Gasteiger partial charge in [0.05, 0.1) is 0 Å². The molecule has 5 atom stereocenters. The zero-order chi connectivity index (χ0) is 14.3. The third-order valence-electron chi connectivity index (χ3n) is 4.55. The van der Waals surface area contributed by atoms with E-state index in [2.05, 4.69) is 22.8 Å². The van der Waals surface area contributed by atoms with Crippen molar-refractivity contribution >= 4 is 6.09 Å². The second kappa shape index (κ2) is 5.06. The topological polar surface area (TPSA) is 50.4 Å². The molecule has 4 heteroatoms. The van der Waals surface area contributed by atoms with Gasteiger partial charge in [-0.2, -0.15) is 0 Å². The first-order valence-corrected chi connectivity index (χ1v) is 7.82. The van der Waals surface area contributed by atoms with E-state index in [9.17, 15) is 4.79 Å². The molecule has 2 bridgehead atoms. The molecule has 1 amide bonds. The lowest BCUT2D eigenvalue weighted by Crippen LogP contribution is -2.37. The van der Waals surface area contributed by atoms with Crippen LogP contribution in [0.5, 0.6) is 0 Å². The van der Waals surface area contributed by atoms with Gasteiger partial charge in [0.2, 0.25) is 0 Å². The Kier molecular flexibility index (Phi) is 3.53. The molecular formula is C16H26N2O2. The molecule has 0 aromatic heterocycles. The molecular weight excluding hydrogens is 252 g/mol. The summed E-state index contributed by atoms with van der Waals surface area (Å²) in [6.07, 6.45) is 8.20. The van der Waals surface area contributed by atoms with Crippen LogP contribution in [0.4, 0.5) is 4.79 Å². The maximum atomic E-state index is 11.6. The van der Waals surface area contributed by atoms with Crippen LogP contribution < -0.4 is 10.6 Å². The van der Waals surface area contributed by atoms with E-state index >= 15 is 0 Å². The molecule has 0 aromatic rings. The average molecular weight is 278 g/mol. The number of allylic oxidation sites excluding steroid dienone is 2. The first-order chi connectivity index (χ1) is 9.40. The molecule has 0 aromatic carbocycles. The zero-order valence-electron chi connectivity index (χ0n) is 12.7. The number of amides is 1. The summed E-state index contributed by atoms with van der Waals surface area (Å²) >= 11 is 0. The first-order valence-electron chi connectivity index (χ1n) is 7.82. The Morgan fingerprint density at radius 1 is 1.20 bits per heavy atom. The van der Waals surface area contributed by atoms with Gasteiger partial charge in [0.15, 0.2) is 0 Å². The molecule has 2 N–H and O–H groups in total. The second-order valence-electron chi connectivity index (χ2n) is 7.54. The fourth-order valence-corrected chi connectivity index (χ4v) is 3.47. The predicted octanol–water partition coefficient (Wildman–Crippen LogP) is 2.45. The SMILES string of the molecule is CC(C)(C)OC(=O)NC1CC1NCC1CC2C=CC1C2. The lowest BCUT2D eigenvalue weighted by molar-refractivity contribution is 0.0522. The highest BCUT2D eigenvalue weighted by Gasteiger charge is 2.41. The summed E-state index contributed by atoms with van der Waals surface area (Å²) in [5.74, 6) is 2.43. The lowest BCUT2D eigenvalue weighted by Gasteiger charge is -2.20. The molecule has 3 aliphatic rings. The Morgan fingerprint density at radius 3 is 2.60 bits per heavy atom. The Labute approximate surface area is 121 Å². The minimum atomic E-state index is -0.419. The van der Waals surface area contributed by atoms with Gasteiger partial charge < -0.3 is 15.4 Å². The number of alkyl carbamates (subject to hydrolysis) is 1. The number of hydrogen-bond acceptors (Lipinski definition) is 3. The fraction of sp³-hybridized carbons (Fsp3) is 0.812. The lowest BCUT2D eigenvalue weighted by atomic mass is 9.94. The van der Waals surface area contributed by atoms with Crippen LogP contribution in [0.25, 0.3) is 0 Å². The zero-order valence-corrected chi connectivity index (χ0v) is 12.7. The third-order valence-corrected chi connectivity index (χ3v) is 4.55. The number of ether oxygens (including phenoxy) is 1. The smallest absolute Gasteiger partial charge is 0.407 e. The molecule has 0 heterocycles. The molecule has 0 aliphatic heterocycles. The van der Waals surface area contributed by atoms with Crippen LogP contribution in [-0.4, -0.2) is 30.3 Å². The van der Waals surface area contributed by atoms with Crippen molar-refractivity contribution in [3.8, 4) is 0 Å². The van der Waals surface area contributed by atoms with Crippen molar-refractivity contribution in [2.45, 2.75) is 57.7 Å². The van der Waals surface area contributed by atoms with Crippen LogP contribution in [0, 0.1) is 17.8 Å². The van der Waals surface area contributed by atoms with Crippen molar-refractivity contribution < 1.29 is 9.53 Å². The van der Waals surface area contributed by atoms with E-state index in [1.807, 2.05) is 20.8 Å². The molecule has 3 rings (SSSR count). The monoisotopic (exact) mass is 278 g/mol. The van der Waals surface area contributed by atoms with Gasteiger partial charge in [-0.1, -0.05) is 12.2 Å². The van der Waals surface area contributed by atoms with E-state index in [4.69, 9.17) is 4.74 Å². The summed E-state index contributed by atoms with van der Waals surface area (Å²) in [5, 5.41) is 6.53.